The van der Waals surface area contributed by atoms with E-state index in [1.165, 1.54) is 30.5 Å². The molecule has 0 bridgehead atoms. The molecule has 3 aliphatic rings. The number of aryl methyl sites for hydroxylation is 2. The van der Waals surface area contributed by atoms with Crippen LogP contribution in [-0.2, 0) is 22.4 Å². The van der Waals surface area contributed by atoms with E-state index in [1.54, 1.807) is 0 Å². The van der Waals surface area contributed by atoms with Crippen molar-refractivity contribution in [3.05, 3.63) is 53.0 Å². The quantitative estimate of drug-likeness (QED) is 0.495. The van der Waals surface area contributed by atoms with Crippen LogP contribution >= 0.6 is 0 Å². The number of pyridine rings is 2. The van der Waals surface area contributed by atoms with E-state index in [1.807, 2.05) is 12.3 Å². The van der Waals surface area contributed by atoms with Crippen molar-refractivity contribution in [2.45, 2.75) is 75.7 Å². The Balaban J connectivity index is 1.10. The van der Waals surface area contributed by atoms with Crippen molar-refractivity contribution in [3.63, 3.8) is 0 Å². The van der Waals surface area contributed by atoms with E-state index in [4.69, 9.17) is 9.72 Å². The summed E-state index contributed by atoms with van der Waals surface area (Å²) in [5.41, 5.74) is 4.66. The molecule has 1 saturated heterocycles. The molecule has 2 fully saturated rings. The molecule has 2 aliphatic heterocycles. The minimum atomic E-state index is -0.778. The summed E-state index contributed by atoms with van der Waals surface area (Å²) in [6.45, 7) is 4.54. The van der Waals surface area contributed by atoms with Gasteiger partial charge in [0.2, 0.25) is 0 Å². The lowest BCUT2D eigenvalue weighted by atomic mass is 9.96. The van der Waals surface area contributed by atoms with Gasteiger partial charge in [0.05, 0.1) is 19.1 Å². The molecule has 188 valence electrons. The normalized spacial score (nSPS) is 21.2. The lowest BCUT2D eigenvalue weighted by molar-refractivity contribution is -0.138. The first-order valence-corrected chi connectivity index (χ1v) is 13.4. The number of carboxylic acid groups (broad SMARTS) is 1. The molecule has 7 heteroatoms. The van der Waals surface area contributed by atoms with Gasteiger partial charge >= 0.3 is 5.97 Å². The highest BCUT2D eigenvalue weighted by atomic mass is 16.5. The number of piperidine rings is 1. The van der Waals surface area contributed by atoms with Crippen LogP contribution in [0.25, 0.3) is 0 Å². The number of carbonyl (C=O) groups is 1. The summed E-state index contributed by atoms with van der Waals surface area (Å²) in [6, 6.07) is 8.48. The Kier molecular flexibility index (Phi) is 7.94. The van der Waals surface area contributed by atoms with E-state index in [0.29, 0.717) is 12.5 Å². The Morgan fingerprint density at radius 2 is 2.14 bits per heavy atom. The van der Waals surface area contributed by atoms with E-state index in [2.05, 4.69) is 33.4 Å². The second kappa shape index (κ2) is 11.5. The number of nitrogens with one attached hydrogen (secondary N) is 1. The van der Waals surface area contributed by atoms with Crippen LogP contribution in [0.15, 0.2) is 30.5 Å². The zero-order valence-corrected chi connectivity index (χ0v) is 20.6. The Bertz CT molecular complexity index is 1010. The fourth-order valence-electron chi connectivity index (χ4n) is 5.40. The molecule has 0 radical (unpaired) electrons. The van der Waals surface area contributed by atoms with Crippen LogP contribution in [0.2, 0.25) is 0 Å². The molecule has 0 spiro atoms. The third-order valence-corrected chi connectivity index (χ3v) is 7.55. The minimum Gasteiger partial charge on any atom is -0.481 e. The Morgan fingerprint density at radius 1 is 1.23 bits per heavy atom. The van der Waals surface area contributed by atoms with Gasteiger partial charge in [-0.25, -0.2) is 4.98 Å². The van der Waals surface area contributed by atoms with E-state index in [0.717, 1.165) is 75.4 Å². The van der Waals surface area contributed by atoms with Gasteiger partial charge in [0.15, 0.2) is 0 Å². The van der Waals surface area contributed by atoms with Crippen molar-refractivity contribution in [2.75, 3.05) is 38.1 Å². The van der Waals surface area contributed by atoms with Gasteiger partial charge in [-0.2, -0.15) is 0 Å². The van der Waals surface area contributed by atoms with E-state index in [-0.39, 0.29) is 18.4 Å². The van der Waals surface area contributed by atoms with Gasteiger partial charge < -0.3 is 20.1 Å². The van der Waals surface area contributed by atoms with Crippen molar-refractivity contribution in [1.82, 2.24) is 14.9 Å². The minimum absolute atomic E-state index is 0.0905. The van der Waals surface area contributed by atoms with E-state index >= 15 is 0 Å². The van der Waals surface area contributed by atoms with Crippen molar-refractivity contribution >= 4 is 11.8 Å². The third kappa shape index (κ3) is 6.79. The van der Waals surface area contributed by atoms with Crippen LogP contribution in [-0.4, -0.2) is 64.8 Å². The lowest BCUT2D eigenvalue weighted by Gasteiger charge is -2.33. The van der Waals surface area contributed by atoms with Gasteiger partial charge in [0.1, 0.15) is 5.82 Å². The van der Waals surface area contributed by atoms with E-state index < -0.39 is 5.97 Å². The molecule has 0 amide bonds. The maximum absolute atomic E-state index is 11.5. The van der Waals surface area contributed by atoms with Gasteiger partial charge in [0, 0.05) is 42.5 Å². The molecule has 5 rings (SSSR count). The summed E-state index contributed by atoms with van der Waals surface area (Å²) in [7, 11) is 0. The fourth-order valence-corrected chi connectivity index (χ4v) is 5.40. The number of anilines is 1. The summed E-state index contributed by atoms with van der Waals surface area (Å²) in [4.78, 5) is 23.4. The topological polar surface area (TPSA) is 87.6 Å². The molecule has 2 atom stereocenters. The highest BCUT2D eigenvalue weighted by molar-refractivity contribution is 5.68. The number of likely N-dealkylation sites (tertiary alicyclic amines) is 1. The largest absolute Gasteiger partial charge is 0.481 e. The average molecular weight is 479 g/mol. The summed E-state index contributed by atoms with van der Waals surface area (Å²) in [6.07, 6.45) is 11.0. The fraction of sp³-hybridized carbons (Fsp3) is 0.607. The lowest BCUT2D eigenvalue weighted by Crippen LogP contribution is -2.40. The Hall–Kier alpha value is -2.51. The molecule has 2 N–H and O–H groups in total. The number of rotatable bonds is 11. The zero-order valence-electron chi connectivity index (χ0n) is 20.6. The van der Waals surface area contributed by atoms with Crippen molar-refractivity contribution < 1.29 is 14.6 Å². The summed E-state index contributed by atoms with van der Waals surface area (Å²) < 4.78 is 6.33. The number of aliphatic carboxylic acids is 1. The van der Waals surface area contributed by atoms with Crippen LogP contribution < -0.4 is 5.32 Å². The first-order chi connectivity index (χ1) is 17.1. The van der Waals surface area contributed by atoms with Gasteiger partial charge in [-0.15, -0.1) is 0 Å². The van der Waals surface area contributed by atoms with Crippen LogP contribution in [0.4, 0.5) is 5.82 Å². The average Bonchev–Trinajstić information content (AvgIpc) is 3.72. The maximum Gasteiger partial charge on any atom is 0.304 e. The molecule has 2 aromatic heterocycles. The third-order valence-electron chi connectivity index (χ3n) is 7.55. The summed E-state index contributed by atoms with van der Waals surface area (Å²) in [5.74, 6) is 0.724. The number of hydrogen-bond donors (Lipinski definition) is 2. The number of aromatic nitrogens is 2. The SMILES string of the molecule is O=C(O)C[C@@H](CO[C@@H]1CCCN(CCCc2ccc3c(n2)NCCC3)C1)c1ccnc(C2CC2)c1. The van der Waals surface area contributed by atoms with Crippen molar-refractivity contribution in [3.8, 4) is 0 Å². The van der Waals surface area contributed by atoms with Crippen LogP contribution in [0.1, 0.15) is 79.3 Å². The molecule has 1 saturated carbocycles. The van der Waals surface area contributed by atoms with Crippen molar-refractivity contribution in [1.29, 1.82) is 0 Å². The van der Waals surface area contributed by atoms with Crippen LogP contribution in [0.3, 0.4) is 0 Å². The number of ether oxygens (including phenoxy) is 1. The summed E-state index contributed by atoms with van der Waals surface area (Å²) in [5, 5.41) is 12.9. The van der Waals surface area contributed by atoms with Crippen molar-refractivity contribution in [2.24, 2.45) is 0 Å². The van der Waals surface area contributed by atoms with Gasteiger partial charge in [-0.05, 0) is 93.8 Å². The van der Waals surface area contributed by atoms with Gasteiger partial charge in [0.25, 0.3) is 0 Å². The highest BCUT2D eigenvalue weighted by Gasteiger charge is 2.27. The number of nitrogens with zero attached hydrogens (tertiary/aromatic N) is 3. The van der Waals surface area contributed by atoms with E-state index in [9.17, 15) is 9.90 Å². The molecule has 0 unspecified atom stereocenters. The van der Waals surface area contributed by atoms with Gasteiger partial charge in [-0.3, -0.25) is 9.78 Å². The Labute approximate surface area is 208 Å². The molecule has 1 aliphatic carbocycles. The predicted molar refractivity (Wildman–Crippen MR) is 136 cm³/mol. The zero-order chi connectivity index (χ0) is 24.0. The molecule has 2 aromatic rings. The number of fused-ring (bicyclic) bond motifs is 1. The molecule has 4 heterocycles. The predicted octanol–water partition coefficient (Wildman–Crippen LogP) is 4.38. The summed E-state index contributed by atoms with van der Waals surface area (Å²) >= 11 is 0. The number of hydrogen-bond acceptors (Lipinski definition) is 6. The monoisotopic (exact) mass is 478 g/mol. The van der Waals surface area contributed by atoms with Crippen LogP contribution in [0, 0.1) is 0 Å². The Morgan fingerprint density at radius 3 is 3.00 bits per heavy atom. The first kappa shape index (κ1) is 24.2. The molecule has 35 heavy (non-hydrogen) atoms. The number of carboxylic acids is 1. The molecular weight excluding hydrogens is 440 g/mol. The molecule has 7 nitrogen and oxygen atoms in total. The smallest absolute Gasteiger partial charge is 0.304 e. The van der Waals surface area contributed by atoms with Gasteiger partial charge in [-0.1, -0.05) is 6.07 Å². The van der Waals surface area contributed by atoms with Crippen LogP contribution in [0.5, 0.6) is 0 Å². The second-order valence-electron chi connectivity index (χ2n) is 10.4. The first-order valence-electron chi connectivity index (χ1n) is 13.4. The highest BCUT2D eigenvalue weighted by Crippen LogP contribution is 2.39. The molecule has 0 aromatic carbocycles. The second-order valence-corrected chi connectivity index (χ2v) is 10.4. The molecular formula is C28H38N4O3. The standard InChI is InChI=1S/C28H38N4O3/c33-27(34)17-23(22-11-13-29-26(16-22)20-7-8-20)19-35-25-6-3-15-32(18-25)14-2-5-24-10-9-21-4-1-12-30-28(21)31-24/h9-11,13,16,20,23,25H,1-8,12,14-15,17-19H2,(H,30,31)(H,33,34)/t23-,25+/m0/s1. The maximum atomic E-state index is 11.5.